The second kappa shape index (κ2) is 4.40. The van der Waals surface area contributed by atoms with Crippen LogP contribution in [-0.2, 0) is 4.74 Å². The Hall–Kier alpha value is -0.120. The topological polar surface area (TPSA) is 38.5 Å². The lowest BCUT2D eigenvalue weighted by molar-refractivity contribution is 0.00903. The summed E-state index contributed by atoms with van der Waals surface area (Å²) in [6.45, 7) is 4.91. The summed E-state index contributed by atoms with van der Waals surface area (Å²) >= 11 is 0. The van der Waals surface area contributed by atoms with Crippen molar-refractivity contribution in [2.24, 2.45) is 11.7 Å². The van der Waals surface area contributed by atoms with Gasteiger partial charge in [0.25, 0.3) is 0 Å². The van der Waals surface area contributed by atoms with Crippen molar-refractivity contribution in [3.63, 3.8) is 0 Å². The summed E-state index contributed by atoms with van der Waals surface area (Å²) < 4.78 is 5.36. The molecule has 2 rings (SSSR count). The van der Waals surface area contributed by atoms with Crippen LogP contribution in [0, 0.1) is 5.92 Å². The Kier molecular flexibility index (Phi) is 3.19. The quantitative estimate of drug-likeness (QED) is 0.677. The van der Waals surface area contributed by atoms with Crippen molar-refractivity contribution in [2.75, 3.05) is 32.8 Å². The summed E-state index contributed by atoms with van der Waals surface area (Å²) in [4.78, 5) is 2.58. The largest absolute Gasteiger partial charge is 0.379 e. The molecular weight excluding hydrogens is 164 g/mol. The van der Waals surface area contributed by atoms with Crippen LogP contribution in [0.15, 0.2) is 0 Å². The molecule has 2 aliphatic rings. The summed E-state index contributed by atoms with van der Waals surface area (Å²) in [6.07, 6.45) is 4.05. The van der Waals surface area contributed by atoms with E-state index in [2.05, 4.69) is 4.90 Å². The van der Waals surface area contributed by atoms with Gasteiger partial charge in [-0.25, -0.2) is 0 Å². The van der Waals surface area contributed by atoms with Gasteiger partial charge in [0.15, 0.2) is 0 Å². The smallest absolute Gasteiger partial charge is 0.0594 e. The molecule has 76 valence electrons. The maximum atomic E-state index is 5.77. The van der Waals surface area contributed by atoms with E-state index >= 15 is 0 Å². The molecular formula is C10H20N2O. The van der Waals surface area contributed by atoms with E-state index in [0.717, 1.165) is 44.8 Å². The van der Waals surface area contributed by atoms with Gasteiger partial charge >= 0.3 is 0 Å². The van der Waals surface area contributed by atoms with Gasteiger partial charge in [-0.15, -0.1) is 0 Å². The highest BCUT2D eigenvalue weighted by Gasteiger charge is 2.31. The van der Waals surface area contributed by atoms with Crippen molar-refractivity contribution in [3.05, 3.63) is 0 Å². The minimum Gasteiger partial charge on any atom is -0.379 e. The minimum atomic E-state index is 0.748. The highest BCUT2D eigenvalue weighted by atomic mass is 16.5. The van der Waals surface area contributed by atoms with Crippen LogP contribution in [0.25, 0.3) is 0 Å². The SMILES string of the molecule is NC[C@H]1CCC[C@@H]1N1CCOCC1. The van der Waals surface area contributed by atoms with Crippen LogP contribution in [0.5, 0.6) is 0 Å². The van der Waals surface area contributed by atoms with Gasteiger partial charge in [0, 0.05) is 19.1 Å². The lowest BCUT2D eigenvalue weighted by Gasteiger charge is -2.35. The number of ether oxygens (including phenoxy) is 1. The monoisotopic (exact) mass is 184 g/mol. The predicted molar refractivity (Wildman–Crippen MR) is 52.6 cm³/mol. The van der Waals surface area contributed by atoms with Crippen LogP contribution in [0.3, 0.4) is 0 Å². The van der Waals surface area contributed by atoms with Crippen LogP contribution >= 0.6 is 0 Å². The van der Waals surface area contributed by atoms with E-state index in [1.165, 1.54) is 19.3 Å². The maximum Gasteiger partial charge on any atom is 0.0594 e. The van der Waals surface area contributed by atoms with Crippen LogP contribution < -0.4 is 5.73 Å². The Bertz CT molecular complexity index is 157. The fourth-order valence-electron chi connectivity index (χ4n) is 2.68. The van der Waals surface area contributed by atoms with Gasteiger partial charge in [-0.3, -0.25) is 4.90 Å². The molecule has 3 nitrogen and oxygen atoms in total. The molecule has 1 saturated heterocycles. The lowest BCUT2D eigenvalue weighted by atomic mass is 10.0. The normalized spacial score (nSPS) is 36.7. The molecule has 0 bridgehead atoms. The number of nitrogens with two attached hydrogens (primary N) is 1. The molecule has 0 spiro atoms. The molecule has 1 saturated carbocycles. The first-order chi connectivity index (χ1) is 6.42. The van der Waals surface area contributed by atoms with Gasteiger partial charge in [-0.1, -0.05) is 6.42 Å². The number of hydrogen-bond acceptors (Lipinski definition) is 3. The Morgan fingerprint density at radius 2 is 2.00 bits per heavy atom. The van der Waals surface area contributed by atoms with Gasteiger partial charge in [0.2, 0.25) is 0 Å². The van der Waals surface area contributed by atoms with Crippen LogP contribution in [0.1, 0.15) is 19.3 Å². The van der Waals surface area contributed by atoms with E-state index in [0.29, 0.717) is 0 Å². The summed E-state index contributed by atoms with van der Waals surface area (Å²) in [5.74, 6) is 0.748. The van der Waals surface area contributed by atoms with Crippen molar-refractivity contribution in [1.82, 2.24) is 4.90 Å². The maximum absolute atomic E-state index is 5.77. The molecule has 1 aliphatic heterocycles. The molecule has 1 aliphatic carbocycles. The van der Waals surface area contributed by atoms with Crippen molar-refractivity contribution < 1.29 is 4.74 Å². The summed E-state index contributed by atoms with van der Waals surface area (Å²) in [5, 5.41) is 0. The molecule has 1 heterocycles. The molecule has 2 atom stereocenters. The first-order valence-electron chi connectivity index (χ1n) is 5.43. The van der Waals surface area contributed by atoms with Crippen LogP contribution in [0.2, 0.25) is 0 Å². The molecule has 3 heteroatoms. The third-order valence-electron chi connectivity index (χ3n) is 3.44. The van der Waals surface area contributed by atoms with Gasteiger partial charge in [0.1, 0.15) is 0 Å². The average molecular weight is 184 g/mol. The molecule has 0 unspecified atom stereocenters. The molecule has 0 radical (unpaired) electrons. The number of morpholine rings is 1. The molecule has 0 aromatic heterocycles. The second-order valence-corrected chi connectivity index (χ2v) is 4.14. The number of hydrogen-bond donors (Lipinski definition) is 1. The molecule has 0 amide bonds. The highest BCUT2D eigenvalue weighted by Crippen LogP contribution is 2.29. The third-order valence-corrected chi connectivity index (χ3v) is 3.44. The Morgan fingerprint density at radius 1 is 1.23 bits per heavy atom. The number of nitrogens with zero attached hydrogens (tertiary/aromatic N) is 1. The summed E-state index contributed by atoms with van der Waals surface area (Å²) in [5.41, 5.74) is 5.77. The fraction of sp³-hybridized carbons (Fsp3) is 1.00. The molecule has 2 N–H and O–H groups in total. The van der Waals surface area contributed by atoms with Crippen molar-refractivity contribution >= 4 is 0 Å². The van der Waals surface area contributed by atoms with Crippen molar-refractivity contribution in [3.8, 4) is 0 Å². The van der Waals surface area contributed by atoms with E-state index in [9.17, 15) is 0 Å². The third kappa shape index (κ3) is 2.03. The Morgan fingerprint density at radius 3 is 2.69 bits per heavy atom. The van der Waals surface area contributed by atoms with E-state index in [4.69, 9.17) is 10.5 Å². The van der Waals surface area contributed by atoms with Gasteiger partial charge in [-0.2, -0.15) is 0 Å². The Balaban J connectivity index is 1.90. The Labute approximate surface area is 80.2 Å². The van der Waals surface area contributed by atoms with Crippen LogP contribution in [0.4, 0.5) is 0 Å². The summed E-state index contributed by atoms with van der Waals surface area (Å²) in [7, 11) is 0. The standard InChI is InChI=1S/C10H20N2O/c11-8-9-2-1-3-10(9)12-4-6-13-7-5-12/h9-10H,1-8,11H2/t9-,10+/m1/s1. The minimum absolute atomic E-state index is 0.748. The molecule has 0 aromatic carbocycles. The van der Waals surface area contributed by atoms with Gasteiger partial charge < -0.3 is 10.5 Å². The van der Waals surface area contributed by atoms with E-state index in [-0.39, 0.29) is 0 Å². The van der Waals surface area contributed by atoms with E-state index in [1.54, 1.807) is 0 Å². The first-order valence-corrected chi connectivity index (χ1v) is 5.43. The molecule has 0 aromatic rings. The second-order valence-electron chi connectivity index (χ2n) is 4.14. The van der Waals surface area contributed by atoms with Crippen LogP contribution in [-0.4, -0.2) is 43.8 Å². The lowest BCUT2D eigenvalue weighted by Crippen LogP contribution is -2.46. The predicted octanol–water partition coefficient (Wildman–Crippen LogP) is 0.446. The summed E-state index contributed by atoms with van der Waals surface area (Å²) in [6, 6.07) is 0.758. The zero-order valence-corrected chi connectivity index (χ0v) is 8.24. The van der Waals surface area contributed by atoms with E-state index in [1.807, 2.05) is 0 Å². The average Bonchev–Trinajstić information content (AvgIpc) is 2.67. The van der Waals surface area contributed by atoms with Crippen molar-refractivity contribution in [1.29, 1.82) is 0 Å². The zero-order valence-electron chi connectivity index (χ0n) is 8.24. The van der Waals surface area contributed by atoms with Gasteiger partial charge in [0.05, 0.1) is 13.2 Å². The van der Waals surface area contributed by atoms with E-state index < -0.39 is 0 Å². The highest BCUT2D eigenvalue weighted by molar-refractivity contribution is 4.86. The number of rotatable bonds is 2. The molecule has 13 heavy (non-hydrogen) atoms. The van der Waals surface area contributed by atoms with Crippen molar-refractivity contribution in [2.45, 2.75) is 25.3 Å². The van der Waals surface area contributed by atoms with Gasteiger partial charge in [-0.05, 0) is 25.3 Å². The zero-order chi connectivity index (χ0) is 9.10. The molecule has 2 fully saturated rings. The first kappa shape index (κ1) is 9.44. The fourth-order valence-corrected chi connectivity index (χ4v) is 2.68.